The maximum atomic E-state index is 14.1. The standard InChI is InChI=1S/C27H30FN5O2/c1-35-22-8-6-20(7-9-22)24-10-11-26(30-29-24)32-14-12-21(13-15-32)27(34)33-18-16-31(17-19-33)25-5-3-2-4-23(25)28/h2-11,21H,12-19H2,1H3. The van der Waals surface area contributed by atoms with Crippen molar-refractivity contribution in [3.05, 3.63) is 66.5 Å². The third-order valence-corrected chi connectivity index (χ3v) is 6.99. The molecule has 0 unspecified atom stereocenters. The fourth-order valence-electron chi connectivity index (χ4n) is 4.90. The molecule has 0 spiro atoms. The van der Waals surface area contributed by atoms with Gasteiger partial charge < -0.3 is 19.4 Å². The number of para-hydroxylation sites is 1. The van der Waals surface area contributed by atoms with Crippen LogP contribution in [-0.2, 0) is 4.79 Å². The Morgan fingerprint density at radius 2 is 1.57 bits per heavy atom. The Balaban J connectivity index is 1.12. The van der Waals surface area contributed by atoms with Gasteiger partial charge in [-0.05, 0) is 61.4 Å². The third kappa shape index (κ3) is 5.06. The number of piperazine rings is 1. The van der Waals surface area contributed by atoms with Crippen LogP contribution in [0, 0.1) is 11.7 Å². The Morgan fingerprint density at radius 1 is 0.857 bits per heavy atom. The molecule has 8 heteroatoms. The fourth-order valence-corrected chi connectivity index (χ4v) is 4.90. The number of methoxy groups -OCH3 is 1. The Hall–Kier alpha value is -3.68. The number of hydrogen-bond donors (Lipinski definition) is 0. The van der Waals surface area contributed by atoms with Crippen LogP contribution in [0.25, 0.3) is 11.3 Å². The van der Waals surface area contributed by atoms with Crippen LogP contribution in [-0.4, -0.2) is 67.4 Å². The molecule has 0 N–H and O–H groups in total. The van der Waals surface area contributed by atoms with Gasteiger partial charge >= 0.3 is 0 Å². The van der Waals surface area contributed by atoms with Crippen molar-refractivity contribution in [2.24, 2.45) is 5.92 Å². The molecule has 7 nitrogen and oxygen atoms in total. The number of rotatable bonds is 5. The molecule has 0 radical (unpaired) electrons. The van der Waals surface area contributed by atoms with E-state index in [4.69, 9.17) is 4.74 Å². The number of hydrogen-bond acceptors (Lipinski definition) is 6. The summed E-state index contributed by atoms with van der Waals surface area (Å²) < 4.78 is 19.3. The lowest BCUT2D eigenvalue weighted by Gasteiger charge is -2.39. The highest BCUT2D eigenvalue weighted by molar-refractivity contribution is 5.79. The summed E-state index contributed by atoms with van der Waals surface area (Å²) in [4.78, 5) is 19.3. The monoisotopic (exact) mass is 475 g/mol. The average molecular weight is 476 g/mol. The number of benzene rings is 2. The van der Waals surface area contributed by atoms with Crippen molar-refractivity contribution in [3.63, 3.8) is 0 Å². The van der Waals surface area contributed by atoms with Gasteiger partial charge in [0.1, 0.15) is 11.6 Å². The minimum atomic E-state index is -0.209. The Morgan fingerprint density at radius 3 is 2.20 bits per heavy atom. The first-order valence-electron chi connectivity index (χ1n) is 12.1. The summed E-state index contributed by atoms with van der Waals surface area (Å²) in [6.45, 7) is 4.13. The molecule has 1 aromatic heterocycles. The lowest BCUT2D eigenvalue weighted by Crippen LogP contribution is -2.52. The SMILES string of the molecule is COc1ccc(-c2ccc(N3CCC(C(=O)N4CCN(c5ccccc5F)CC4)CC3)nn2)cc1. The van der Waals surface area contributed by atoms with Crippen LogP contribution in [0.1, 0.15) is 12.8 Å². The van der Waals surface area contributed by atoms with Gasteiger partial charge in [-0.2, -0.15) is 0 Å². The van der Waals surface area contributed by atoms with Crippen molar-refractivity contribution in [2.75, 3.05) is 56.2 Å². The smallest absolute Gasteiger partial charge is 0.225 e. The highest BCUT2D eigenvalue weighted by Crippen LogP contribution is 2.27. The fraction of sp³-hybridized carbons (Fsp3) is 0.370. The van der Waals surface area contributed by atoms with Crippen molar-refractivity contribution < 1.29 is 13.9 Å². The Bertz CT molecular complexity index is 1140. The summed E-state index contributed by atoms with van der Waals surface area (Å²) in [5.74, 6) is 1.69. The van der Waals surface area contributed by atoms with Crippen LogP contribution in [0.5, 0.6) is 5.75 Å². The van der Waals surface area contributed by atoms with Gasteiger partial charge in [0.2, 0.25) is 5.91 Å². The molecular weight excluding hydrogens is 445 g/mol. The first kappa shape index (κ1) is 23.1. The average Bonchev–Trinajstić information content (AvgIpc) is 2.93. The maximum absolute atomic E-state index is 14.1. The van der Waals surface area contributed by atoms with E-state index in [1.165, 1.54) is 6.07 Å². The maximum Gasteiger partial charge on any atom is 0.225 e. The molecule has 5 rings (SSSR count). The summed E-state index contributed by atoms with van der Waals surface area (Å²) in [6.07, 6.45) is 1.60. The zero-order chi connectivity index (χ0) is 24.2. The number of ether oxygens (including phenoxy) is 1. The first-order valence-corrected chi connectivity index (χ1v) is 12.1. The van der Waals surface area contributed by atoms with Crippen LogP contribution >= 0.6 is 0 Å². The van der Waals surface area contributed by atoms with Gasteiger partial charge in [0, 0.05) is 50.7 Å². The van der Waals surface area contributed by atoms with E-state index in [1.807, 2.05) is 52.3 Å². The number of halogens is 1. The predicted octanol–water partition coefficient (Wildman–Crippen LogP) is 3.86. The van der Waals surface area contributed by atoms with Gasteiger partial charge in [-0.25, -0.2) is 4.39 Å². The van der Waals surface area contributed by atoms with Gasteiger partial charge in [0.25, 0.3) is 0 Å². The van der Waals surface area contributed by atoms with Gasteiger partial charge in [0.05, 0.1) is 18.5 Å². The summed E-state index contributed by atoms with van der Waals surface area (Å²) in [6, 6.07) is 18.6. The molecule has 0 atom stereocenters. The molecule has 35 heavy (non-hydrogen) atoms. The topological polar surface area (TPSA) is 61.8 Å². The molecule has 2 fully saturated rings. The van der Waals surface area contributed by atoms with Crippen LogP contribution in [0.3, 0.4) is 0 Å². The summed E-state index contributed by atoms with van der Waals surface area (Å²) in [5, 5.41) is 8.84. The van der Waals surface area contributed by atoms with E-state index in [2.05, 4.69) is 15.1 Å². The summed E-state index contributed by atoms with van der Waals surface area (Å²) in [7, 11) is 1.65. The van der Waals surface area contributed by atoms with Crippen LogP contribution in [0.15, 0.2) is 60.7 Å². The molecule has 2 aromatic carbocycles. The number of nitrogens with zero attached hydrogens (tertiary/aromatic N) is 5. The van der Waals surface area contributed by atoms with Crippen molar-refractivity contribution in [1.29, 1.82) is 0 Å². The van der Waals surface area contributed by atoms with Gasteiger partial charge in [-0.3, -0.25) is 4.79 Å². The second-order valence-corrected chi connectivity index (χ2v) is 9.03. The highest BCUT2D eigenvalue weighted by Gasteiger charge is 2.31. The van der Waals surface area contributed by atoms with E-state index >= 15 is 0 Å². The number of carbonyl (C=O) groups excluding carboxylic acids is 1. The molecule has 1 amide bonds. The molecule has 2 saturated heterocycles. The largest absolute Gasteiger partial charge is 0.497 e. The second-order valence-electron chi connectivity index (χ2n) is 9.03. The lowest BCUT2D eigenvalue weighted by atomic mass is 9.95. The molecule has 2 aliphatic heterocycles. The van der Waals surface area contributed by atoms with Gasteiger partial charge in [-0.15, -0.1) is 10.2 Å². The first-order chi connectivity index (χ1) is 17.1. The van der Waals surface area contributed by atoms with Crippen LogP contribution < -0.4 is 14.5 Å². The number of anilines is 2. The summed E-state index contributed by atoms with van der Waals surface area (Å²) in [5.41, 5.74) is 2.42. The van der Waals surface area contributed by atoms with Crippen LogP contribution in [0.2, 0.25) is 0 Å². The Kier molecular flexibility index (Phi) is 6.79. The van der Waals surface area contributed by atoms with E-state index in [1.54, 1.807) is 19.2 Å². The second kappa shape index (κ2) is 10.3. The predicted molar refractivity (Wildman–Crippen MR) is 134 cm³/mol. The van der Waals surface area contributed by atoms with E-state index in [0.29, 0.717) is 31.9 Å². The van der Waals surface area contributed by atoms with Crippen molar-refractivity contribution in [1.82, 2.24) is 15.1 Å². The molecule has 3 heterocycles. The minimum absolute atomic E-state index is 0.0257. The van der Waals surface area contributed by atoms with Gasteiger partial charge in [-0.1, -0.05) is 12.1 Å². The highest BCUT2D eigenvalue weighted by atomic mass is 19.1. The van der Waals surface area contributed by atoms with Crippen molar-refractivity contribution >= 4 is 17.4 Å². The number of carbonyl (C=O) groups is 1. The molecule has 0 aliphatic carbocycles. The number of aromatic nitrogens is 2. The Labute approximate surface area is 205 Å². The van der Waals surface area contributed by atoms with E-state index in [-0.39, 0.29) is 17.6 Å². The van der Waals surface area contributed by atoms with Gasteiger partial charge in [0.15, 0.2) is 5.82 Å². The number of amides is 1. The van der Waals surface area contributed by atoms with Crippen molar-refractivity contribution in [2.45, 2.75) is 12.8 Å². The molecule has 0 bridgehead atoms. The molecule has 0 saturated carbocycles. The van der Waals surface area contributed by atoms with E-state index in [9.17, 15) is 9.18 Å². The third-order valence-electron chi connectivity index (χ3n) is 6.99. The molecule has 3 aromatic rings. The number of piperidine rings is 1. The van der Waals surface area contributed by atoms with E-state index in [0.717, 1.165) is 48.8 Å². The zero-order valence-corrected chi connectivity index (χ0v) is 19.9. The van der Waals surface area contributed by atoms with Crippen molar-refractivity contribution in [3.8, 4) is 17.0 Å². The molecule has 182 valence electrons. The minimum Gasteiger partial charge on any atom is -0.497 e. The summed E-state index contributed by atoms with van der Waals surface area (Å²) >= 11 is 0. The lowest BCUT2D eigenvalue weighted by molar-refractivity contribution is -0.136. The normalized spacial score (nSPS) is 16.9. The molecular formula is C27H30FN5O2. The van der Waals surface area contributed by atoms with E-state index < -0.39 is 0 Å². The quantitative estimate of drug-likeness (QED) is 0.559. The van der Waals surface area contributed by atoms with Crippen LogP contribution in [0.4, 0.5) is 15.9 Å². The molecule has 2 aliphatic rings. The zero-order valence-electron chi connectivity index (χ0n) is 19.9.